The van der Waals surface area contributed by atoms with Gasteiger partial charge in [-0.15, -0.1) is 5.10 Å². The average molecular weight is 315 g/mol. The molecule has 1 aliphatic rings. The van der Waals surface area contributed by atoms with Gasteiger partial charge in [0.25, 0.3) is 5.56 Å². The van der Waals surface area contributed by atoms with Crippen molar-refractivity contribution in [3.8, 4) is 0 Å². The number of thioether (sulfide) groups is 1. The van der Waals surface area contributed by atoms with Gasteiger partial charge in [-0.25, -0.2) is 14.9 Å². The van der Waals surface area contributed by atoms with Crippen LogP contribution in [0.5, 0.6) is 0 Å². The second kappa shape index (κ2) is 5.13. The van der Waals surface area contributed by atoms with Gasteiger partial charge < -0.3 is 4.98 Å². The Morgan fingerprint density at radius 2 is 2.09 bits per heavy atom. The second-order valence-electron chi connectivity index (χ2n) is 5.23. The van der Waals surface area contributed by atoms with Gasteiger partial charge in [0, 0.05) is 6.04 Å². The molecule has 0 spiro atoms. The smallest absolute Gasteiger partial charge is 0.309 e. The summed E-state index contributed by atoms with van der Waals surface area (Å²) in [6.07, 6.45) is 2.02. The number of para-hydroxylation sites is 1. The minimum Gasteiger partial charge on any atom is -0.309 e. The van der Waals surface area contributed by atoms with Crippen molar-refractivity contribution in [3.05, 3.63) is 50.9 Å². The van der Waals surface area contributed by atoms with Crippen LogP contribution in [0.4, 0.5) is 0 Å². The number of H-pyrrole nitrogens is 2. The number of benzene rings is 1. The largest absolute Gasteiger partial charge is 0.344 e. The summed E-state index contributed by atoms with van der Waals surface area (Å²) in [6, 6.07) is 7.48. The lowest BCUT2D eigenvalue weighted by Crippen LogP contribution is -2.16. The molecule has 0 bridgehead atoms. The van der Waals surface area contributed by atoms with E-state index in [4.69, 9.17) is 0 Å². The summed E-state index contributed by atoms with van der Waals surface area (Å²) in [6.45, 7) is 0. The van der Waals surface area contributed by atoms with Crippen molar-refractivity contribution in [1.29, 1.82) is 0 Å². The summed E-state index contributed by atoms with van der Waals surface area (Å²) in [4.78, 5) is 31.0. The van der Waals surface area contributed by atoms with Crippen LogP contribution >= 0.6 is 11.8 Å². The molecule has 4 rings (SSSR count). The predicted octanol–water partition coefficient (Wildman–Crippen LogP) is 1.44. The molecule has 0 saturated heterocycles. The van der Waals surface area contributed by atoms with Crippen LogP contribution in [0.3, 0.4) is 0 Å². The molecular weight excluding hydrogens is 302 g/mol. The zero-order valence-electron chi connectivity index (χ0n) is 11.6. The molecule has 1 aliphatic carbocycles. The number of fused-ring (bicyclic) bond motifs is 1. The number of aromatic amines is 2. The lowest BCUT2D eigenvalue weighted by molar-refractivity contribution is 0.642. The SMILES string of the molecule is O=c1[nH]c(CSc2n[nH]c(=O)n2C2CC2)nc2ccccc12. The van der Waals surface area contributed by atoms with Crippen LogP contribution in [0.25, 0.3) is 10.9 Å². The van der Waals surface area contributed by atoms with Crippen molar-refractivity contribution in [2.75, 3.05) is 0 Å². The number of nitrogens with zero attached hydrogens (tertiary/aromatic N) is 3. The molecule has 0 aliphatic heterocycles. The van der Waals surface area contributed by atoms with Crippen LogP contribution in [0.15, 0.2) is 39.0 Å². The first-order valence-electron chi connectivity index (χ1n) is 7.00. The highest BCUT2D eigenvalue weighted by Crippen LogP contribution is 2.36. The molecule has 1 saturated carbocycles. The van der Waals surface area contributed by atoms with Gasteiger partial charge in [0.15, 0.2) is 5.16 Å². The van der Waals surface area contributed by atoms with E-state index in [2.05, 4.69) is 20.2 Å². The van der Waals surface area contributed by atoms with E-state index in [9.17, 15) is 9.59 Å². The summed E-state index contributed by atoms with van der Waals surface area (Å²) in [5, 5.41) is 7.74. The van der Waals surface area contributed by atoms with E-state index in [0.29, 0.717) is 27.6 Å². The molecule has 1 fully saturated rings. The number of hydrogen-bond donors (Lipinski definition) is 2. The number of hydrogen-bond acceptors (Lipinski definition) is 5. The summed E-state index contributed by atoms with van der Waals surface area (Å²) in [5.41, 5.74) is 0.344. The van der Waals surface area contributed by atoms with Crippen LogP contribution in [-0.2, 0) is 5.75 Å². The number of rotatable bonds is 4. The fourth-order valence-electron chi connectivity index (χ4n) is 2.38. The summed E-state index contributed by atoms with van der Waals surface area (Å²) >= 11 is 1.39. The average Bonchev–Trinajstić information content (AvgIpc) is 3.29. The summed E-state index contributed by atoms with van der Waals surface area (Å²) in [5.74, 6) is 1.03. The maximum Gasteiger partial charge on any atom is 0.344 e. The lowest BCUT2D eigenvalue weighted by atomic mass is 10.2. The van der Waals surface area contributed by atoms with Crippen molar-refractivity contribution in [1.82, 2.24) is 24.7 Å². The highest BCUT2D eigenvalue weighted by molar-refractivity contribution is 7.98. The zero-order chi connectivity index (χ0) is 15.1. The van der Waals surface area contributed by atoms with Gasteiger partial charge in [0.2, 0.25) is 0 Å². The fourth-order valence-corrected chi connectivity index (χ4v) is 3.27. The monoisotopic (exact) mass is 315 g/mol. The van der Waals surface area contributed by atoms with Crippen molar-refractivity contribution in [3.63, 3.8) is 0 Å². The van der Waals surface area contributed by atoms with Crippen LogP contribution in [-0.4, -0.2) is 24.7 Å². The Kier molecular flexibility index (Phi) is 3.11. The van der Waals surface area contributed by atoms with E-state index in [-0.39, 0.29) is 17.3 Å². The zero-order valence-corrected chi connectivity index (χ0v) is 12.4. The number of nitrogens with one attached hydrogen (secondary N) is 2. The van der Waals surface area contributed by atoms with E-state index in [1.165, 1.54) is 11.8 Å². The van der Waals surface area contributed by atoms with Crippen molar-refractivity contribution >= 4 is 22.7 Å². The molecule has 1 aromatic carbocycles. The molecule has 8 heteroatoms. The Balaban J connectivity index is 1.62. The van der Waals surface area contributed by atoms with Crippen LogP contribution < -0.4 is 11.2 Å². The number of aromatic nitrogens is 5. The summed E-state index contributed by atoms with van der Waals surface area (Å²) in [7, 11) is 0. The Bertz CT molecular complexity index is 954. The first kappa shape index (κ1) is 13.3. The second-order valence-corrected chi connectivity index (χ2v) is 6.17. The highest BCUT2D eigenvalue weighted by atomic mass is 32.2. The molecule has 3 aromatic rings. The van der Waals surface area contributed by atoms with Gasteiger partial charge in [-0.2, -0.15) is 0 Å². The molecule has 0 unspecified atom stereocenters. The normalized spacial score (nSPS) is 14.5. The van der Waals surface area contributed by atoms with Crippen LogP contribution in [0.1, 0.15) is 24.7 Å². The predicted molar refractivity (Wildman–Crippen MR) is 83.0 cm³/mol. The van der Waals surface area contributed by atoms with Crippen LogP contribution in [0.2, 0.25) is 0 Å². The highest BCUT2D eigenvalue weighted by Gasteiger charge is 2.28. The Morgan fingerprint density at radius 1 is 1.27 bits per heavy atom. The minimum absolute atomic E-state index is 0.150. The van der Waals surface area contributed by atoms with E-state index < -0.39 is 0 Å². The molecule has 0 radical (unpaired) electrons. The van der Waals surface area contributed by atoms with Crippen molar-refractivity contribution in [2.45, 2.75) is 29.8 Å². The van der Waals surface area contributed by atoms with Crippen molar-refractivity contribution in [2.24, 2.45) is 0 Å². The first-order valence-corrected chi connectivity index (χ1v) is 7.98. The molecule has 7 nitrogen and oxygen atoms in total. The van der Waals surface area contributed by atoms with Gasteiger partial charge in [-0.05, 0) is 25.0 Å². The molecule has 112 valence electrons. The molecule has 0 atom stereocenters. The molecular formula is C14H13N5O2S. The van der Waals surface area contributed by atoms with Gasteiger partial charge in [-0.3, -0.25) is 9.36 Å². The van der Waals surface area contributed by atoms with Gasteiger partial charge in [0.1, 0.15) is 5.82 Å². The van der Waals surface area contributed by atoms with Crippen molar-refractivity contribution < 1.29 is 0 Å². The summed E-state index contributed by atoms with van der Waals surface area (Å²) < 4.78 is 1.68. The van der Waals surface area contributed by atoms with Gasteiger partial charge >= 0.3 is 5.69 Å². The third-order valence-corrected chi connectivity index (χ3v) is 4.55. The third-order valence-electron chi connectivity index (χ3n) is 3.58. The minimum atomic E-state index is -0.176. The maximum atomic E-state index is 12.0. The lowest BCUT2D eigenvalue weighted by Gasteiger charge is -2.04. The third kappa shape index (κ3) is 2.35. The Morgan fingerprint density at radius 3 is 2.91 bits per heavy atom. The van der Waals surface area contributed by atoms with Crippen LogP contribution in [0, 0.1) is 0 Å². The van der Waals surface area contributed by atoms with E-state index in [1.807, 2.05) is 18.2 Å². The Hall–Kier alpha value is -2.35. The Labute approximate surface area is 128 Å². The molecule has 2 aromatic heterocycles. The van der Waals surface area contributed by atoms with E-state index in [0.717, 1.165) is 12.8 Å². The topological polar surface area (TPSA) is 96.4 Å². The van der Waals surface area contributed by atoms with E-state index >= 15 is 0 Å². The fraction of sp³-hybridized carbons (Fsp3) is 0.286. The molecule has 0 amide bonds. The maximum absolute atomic E-state index is 12.0. The molecule has 22 heavy (non-hydrogen) atoms. The standard InChI is InChI=1S/C14H13N5O2S/c20-12-9-3-1-2-4-10(9)15-11(16-12)7-22-14-18-17-13(21)19(14)8-5-6-8/h1-4,8H,5-7H2,(H,17,21)(H,15,16,20). The quantitative estimate of drug-likeness (QED) is 0.710. The van der Waals surface area contributed by atoms with E-state index in [1.54, 1.807) is 10.6 Å². The molecule has 2 N–H and O–H groups in total. The van der Waals surface area contributed by atoms with Gasteiger partial charge in [0.05, 0.1) is 16.7 Å². The van der Waals surface area contributed by atoms with Gasteiger partial charge in [-0.1, -0.05) is 23.9 Å². The molecule has 2 heterocycles. The first-order chi connectivity index (χ1) is 10.7.